The third kappa shape index (κ3) is 3.21. The van der Waals surface area contributed by atoms with E-state index in [1.165, 1.54) is 0 Å². The third-order valence-corrected chi connectivity index (χ3v) is 4.68. The van der Waals surface area contributed by atoms with E-state index in [4.69, 9.17) is 9.47 Å². The predicted molar refractivity (Wildman–Crippen MR) is 95.0 cm³/mol. The van der Waals surface area contributed by atoms with E-state index in [-0.39, 0.29) is 17.9 Å². The standard InChI is InChI=1S/C19H25N3O3/c1-13(2)17-18-20-8-11-21(18)9-5-10-22(17)19(23)15-7-6-14(24-3)12-16(15)25-4/h6-8,11-13,17H,5,9-10H2,1-4H3. The Morgan fingerprint density at radius 2 is 2.04 bits per heavy atom. The molecule has 0 saturated heterocycles. The summed E-state index contributed by atoms with van der Waals surface area (Å²) in [5.74, 6) is 2.37. The van der Waals surface area contributed by atoms with Crippen molar-refractivity contribution in [3.8, 4) is 11.5 Å². The lowest BCUT2D eigenvalue weighted by Crippen LogP contribution is -2.38. The van der Waals surface area contributed by atoms with Crippen molar-refractivity contribution in [1.29, 1.82) is 0 Å². The summed E-state index contributed by atoms with van der Waals surface area (Å²) < 4.78 is 12.8. The Balaban J connectivity index is 2.00. The molecule has 25 heavy (non-hydrogen) atoms. The van der Waals surface area contributed by atoms with Gasteiger partial charge in [0, 0.05) is 31.5 Å². The molecule has 2 heterocycles. The van der Waals surface area contributed by atoms with Crippen LogP contribution in [0, 0.1) is 5.92 Å². The van der Waals surface area contributed by atoms with Crippen LogP contribution in [0.5, 0.6) is 11.5 Å². The summed E-state index contributed by atoms with van der Waals surface area (Å²) in [7, 11) is 3.17. The third-order valence-electron chi connectivity index (χ3n) is 4.68. The maximum absolute atomic E-state index is 13.3. The zero-order chi connectivity index (χ0) is 18.0. The normalized spacial score (nSPS) is 17.2. The monoisotopic (exact) mass is 343 g/mol. The van der Waals surface area contributed by atoms with Gasteiger partial charge in [-0.05, 0) is 24.5 Å². The van der Waals surface area contributed by atoms with Gasteiger partial charge >= 0.3 is 0 Å². The van der Waals surface area contributed by atoms with Crippen molar-refractivity contribution in [2.45, 2.75) is 32.9 Å². The second-order valence-corrected chi connectivity index (χ2v) is 6.59. The van der Waals surface area contributed by atoms with Crippen LogP contribution < -0.4 is 9.47 Å². The fourth-order valence-electron chi connectivity index (χ4n) is 3.48. The van der Waals surface area contributed by atoms with Crippen LogP contribution in [0.4, 0.5) is 0 Å². The Morgan fingerprint density at radius 3 is 2.72 bits per heavy atom. The van der Waals surface area contributed by atoms with Crippen LogP contribution in [-0.4, -0.2) is 41.1 Å². The first-order valence-corrected chi connectivity index (χ1v) is 8.60. The molecule has 1 aromatic heterocycles. The van der Waals surface area contributed by atoms with Gasteiger partial charge in [0.25, 0.3) is 5.91 Å². The number of benzene rings is 1. The van der Waals surface area contributed by atoms with Crippen molar-refractivity contribution in [2.24, 2.45) is 5.92 Å². The Labute approximate surface area is 148 Å². The summed E-state index contributed by atoms with van der Waals surface area (Å²) in [6, 6.07) is 5.25. The SMILES string of the molecule is COc1ccc(C(=O)N2CCCn3ccnc3C2C(C)C)c(OC)c1. The maximum Gasteiger partial charge on any atom is 0.258 e. The minimum atomic E-state index is -0.0585. The van der Waals surface area contributed by atoms with Crippen molar-refractivity contribution in [3.63, 3.8) is 0 Å². The van der Waals surface area contributed by atoms with Gasteiger partial charge in [-0.15, -0.1) is 0 Å². The van der Waals surface area contributed by atoms with Crippen LogP contribution in [0.3, 0.4) is 0 Å². The number of nitrogens with zero attached hydrogens (tertiary/aromatic N) is 3. The van der Waals surface area contributed by atoms with Crippen molar-refractivity contribution < 1.29 is 14.3 Å². The minimum absolute atomic E-state index is 0.0327. The maximum atomic E-state index is 13.3. The smallest absolute Gasteiger partial charge is 0.258 e. The van der Waals surface area contributed by atoms with E-state index in [1.807, 2.05) is 17.3 Å². The Hall–Kier alpha value is -2.50. The zero-order valence-electron chi connectivity index (χ0n) is 15.2. The van der Waals surface area contributed by atoms with Crippen molar-refractivity contribution in [2.75, 3.05) is 20.8 Å². The number of hydrogen-bond acceptors (Lipinski definition) is 4. The number of amides is 1. The molecule has 1 amide bonds. The molecular formula is C19H25N3O3. The predicted octanol–water partition coefficient (Wildman–Crippen LogP) is 3.14. The van der Waals surface area contributed by atoms with E-state index in [9.17, 15) is 4.79 Å². The van der Waals surface area contributed by atoms with Crippen LogP contribution in [-0.2, 0) is 6.54 Å². The van der Waals surface area contributed by atoms with E-state index >= 15 is 0 Å². The number of carbonyl (C=O) groups excluding carboxylic acids is 1. The number of carbonyl (C=O) groups is 1. The topological polar surface area (TPSA) is 56.6 Å². The summed E-state index contributed by atoms with van der Waals surface area (Å²) in [6.07, 6.45) is 4.70. The lowest BCUT2D eigenvalue weighted by molar-refractivity contribution is 0.0618. The molecule has 1 aromatic carbocycles. The first kappa shape index (κ1) is 17.3. The zero-order valence-corrected chi connectivity index (χ0v) is 15.2. The number of fused-ring (bicyclic) bond motifs is 1. The summed E-state index contributed by atoms with van der Waals surface area (Å²) in [5, 5.41) is 0. The van der Waals surface area contributed by atoms with Crippen LogP contribution in [0.1, 0.15) is 42.5 Å². The number of imidazole rings is 1. The molecular weight excluding hydrogens is 318 g/mol. The lowest BCUT2D eigenvalue weighted by atomic mass is 10.00. The van der Waals surface area contributed by atoms with Gasteiger partial charge in [-0.25, -0.2) is 4.98 Å². The minimum Gasteiger partial charge on any atom is -0.497 e. The van der Waals surface area contributed by atoms with Crippen LogP contribution in [0.2, 0.25) is 0 Å². The first-order chi connectivity index (χ1) is 12.1. The number of ether oxygens (including phenoxy) is 2. The molecule has 0 saturated carbocycles. The van der Waals surface area contributed by atoms with E-state index in [1.54, 1.807) is 32.4 Å². The number of hydrogen-bond donors (Lipinski definition) is 0. The van der Waals surface area contributed by atoms with Gasteiger partial charge in [0.1, 0.15) is 17.3 Å². The fraction of sp³-hybridized carbons (Fsp3) is 0.474. The van der Waals surface area contributed by atoms with E-state index in [0.29, 0.717) is 23.6 Å². The average Bonchev–Trinajstić information content (AvgIpc) is 2.99. The highest BCUT2D eigenvalue weighted by atomic mass is 16.5. The second kappa shape index (κ2) is 7.17. The highest BCUT2D eigenvalue weighted by Crippen LogP contribution is 2.34. The first-order valence-electron chi connectivity index (χ1n) is 8.60. The summed E-state index contributed by atoms with van der Waals surface area (Å²) in [4.78, 5) is 19.8. The summed E-state index contributed by atoms with van der Waals surface area (Å²) in [6.45, 7) is 5.82. The molecule has 1 unspecified atom stereocenters. The number of aryl methyl sites for hydroxylation is 1. The van der Waals surface area contributed by atoms with Gasteiger partial charge in [0.15, 0.2) is 0 Å². The van der Waals surface area contributed by atoms with Gasteiger partial charge < -0.3 is 18.9 Å². The van der Waals surface area contributed by atoms with Crippen molar-refractivity contribution in [1.82, 2.24) is 14.5 Å². The van der Waals surface area contributed by atoms with E-state index < -0.39 is 0 Å². The van der Waals surface area contributed by atoms with E-state index in [0.717, 1.165) is 18.8 Å². The molecule has 0 radical (unpaired) electrons. The Kier molecular flexibility index (Phi) is 4.97. The summed E-state index contributed by atoms with van der Waals surface area (Å²) >= 11 is 0. The van der Waals surface area contributed by atoms with Crippen LogP contribution in [0.15, 0.2) is 30.6 Å². The molecule has 0 spiro atoms. The quantitative estimate of drug-likeness (QED) is 0.856. The van der Waals surface area contributed by atoms with Crippen LogP contribution >= 0.6 is 0 Å². The molecule has 6 heteroatoms. The van der Waals surface area contributed by atoms with Gasteiger partial charge in [-0.3, -0.25) is 4.79 Å². The Morgan fingerprint density at radius 1 is 1.24 bits per heavy atom. The fourth-order valence-corrected chi connectivity index (χ4v) is 3.48. The number of rotatable bonds is 4. The highest BCUT2D eigenvalue weighted by molar-refractivity contribution is 5.97. The molecule has 3 rings (SSSR count). The molecule has 6 nitrogen and oxygen atoms in total. The Bertz CT molecular complexity index is 754. The van der Waals surface area contributed by atoms with Gasteiger partial charge in [-0.2, -0.15) is 0 Å². The van der Waals surface area contributed by atoms with Gasteiger partial charge in [-0.1, -0.05) is 13.8 Å². The molecule has 134 valence electrons. The van der Waals surface area contributed by atoms with Gasteiger partial charge in [0.2, 0.25) is 0 Å². The lowest BCUT2D eigenvalue weighted by Gasteiger charge is -2.32. The molecule has 0 fully saturated rings. The second-order valence-electron chi connectivity index (χ2n) is 6.59. The summed E-state index contributed by atoms with van der Waals surface area (Å²) in [5.41, 5.74) is 0.550. The molecule has 1 atom stereocenters. The van der Waals surface area contributed by atoms with E-state index in [2.05, 4.69) is 23.4 Å². The highest BCUT2D eigenvalue weighted by Gasteiger charge is 2.34. The number of aromatic nitrogens is 2. The van der Waals surface area contributed by atoms with Crippen molar-refractivity contribution in [3.05, 3.63) is 42.0 Å². The molecule has 1 aliphatic rings. The molecule has 1 aliphatic heterocycles. The molecule has 0 aliphatic carbocycles. The molecule has 0 bridgehead atoms. The number of methoxy groups -OCH3 is 2. The molecule has 0 N–H and O–H groups in total. The van der Waals surface area contributed by atoms with Crippen LogP contribution in [0.25, 0.3) is 0 Å². The molecule has 2 aromatic rings. The largest absolute Gasteiger partial charge is 0.497 e. The van der Waals surface area contributed by atoms with Gasteiger partial charge in [0.05, 0.1) is 25.8 Å². The average molecular weight is 343 g/mol. The van der Waals surface area contributed by atoms with Crippen molar-refractivity contribution >= 4 is 5.91 Å².